The summed E-state index contributed by atoms with van der Waals surface area (Å²) in [7, 11) is 2.97. The Balaban J connectivity index is 2.03. The van der Waals surface area contributed by atoms with Crippen LogP contribution in [-0.4, -0.2) is 32.7 Å². The second kappa shape index (κ2) is 9.31. The molecule has 9 heteroatoms. The molecule has 0 radical (unpaired) electrons. The molecule has 0 aliphatic rings. The zero-order valence-electron chi connectivity index (χ0n) is 16.0. The average Bonchev–Trinajstić information content (AvgIpc) is 2.70. The normalized spacial score (nSPS) is 12.1. The van der Waals surface area contributed by atoms with Crippen molar-refractivity contribution in [2.45, 2.75) is 19.1 Å². The van der Waals surface area contributed by atoms with Gasteiger partial charge < -0.3 is 19.5 Å². The van der Waals surface area contributed by atoms with Crippen molar-refractivity contribution < 1.29 is 37.0 Å². The van der Waals surface area contributed by atoms with E-state index in [0.29, 0.717) is 17.1 Å². The topological polar surface area (TPSA) is 73.9 Å². The molecule has 2 aromatic rings. The smallest absolute Gasteiger partial charge is 0.417 e. The first-order valence-corrected chi connectivity index (χ1v) is 8.52. The van der Waals surface area contributed by atoms with Crippen molar-refractivity contribution >= 4 is 11.9 Å². The molecule has 0 bridgehead atoms. The van der Waals surface area contributed by atoms with E-state index < -0.39 is 41.8 Å². The van der Waals surface area contributed by atoms with E-state index >= 15 is 0 Å². The summed E-state index contributed by atoms with van der Waals surface area (Å²) in [6.07, 6.45) is -4.71. The maximum Gasteiger partial charge on any atom is 0.417 e. The molecule has 0 saturated heterocycles. The van der Waals surface area contributed by atoms with Crippen molar-refractivity contribution in [1.82, 2.24) is 5.32 Å². The number of benzene rings is 2. The number of esters is 1. The van der Waals surface area contributed by atoms with Gasteiger partial charge in [-0.25, -0.2) is 4.79 Å². The lowest BCUT2D eigenvalue weighted by Gasteiger charge is -2.18. The van der Waals surface area contributed by atoms with Crippen molar-refractivity contribution in [2.75, 3.05) is 20.8 Å². The molecule has 0 saturated carbocycles. The highest BCUT2D eigenvalue weighted by molar-refractivity contribution is 5.93. The second-order valence-corrected chi connectivity index (χ2v) is 6.02. The number of carbonyl (C=O) groups is 2. The lowest BCUT2D eigenvalue weighted by molar-refractivity contribution is -0.138. The fourth-order valence-corrected chi connectivity index (χ4v) is 2.66. The van der Waals surface area contributed by atoms with Gasteiger partial charge in [0.1, 0.15) is 11.5 Å². The molecule has 1 amide bonds. The molecule has 0 spiro atoms. The van der Waals surface area contributed by atoms with Crippen LogP contribution in [-0.2, 0) is 15.7 Å². The van der Waals surface area contributed by atoms with Crippen LogP contribution in [0.5, 0.6) is 11.5 Å². The Morgan fingerprint density at radius 2 is 1.76 bits per heavy atom. The lowest BCUT2D eigenvalue weighted by Crippen LogP contribution is -2.31. The van der Waals surface area contributed by atoms with Crippen LogP contribution in [0.25, 0.3) is 0 Å². The third-order valence-corrected chi connectivity index (χ3v) is 4.07. The molecule has 1 atom stereocenters. The van der Waals surface area contributed by atoms with Gasteiger partial charge in [-0.1, -0.05) is 12.1 Å². The van der Waals surface area contributed by atoms with Crippen molar-refractivity contribution in [3.05, 3.63) is 59.2 Å². The van der Waals surface area contributed by atoms with E-state index in [4.69, 9.17) is 14.2 Å². The standard InChI is InChI=1S/C20H20F3NO5/c1-12(15-10-13(27-2)8-9-17(15)28-3)24-18(25)11-29-19(26)14-6-4-5-7-16(14)20(21,22)23/h4-10,12H,11H2,1-3H3,(H,24,25). The van der Waals surface area contributed by atoms with E-state index in [-0.39, 0.29) is 0 Å². The number of amides is 1. The van der Waals surface area contributed by atoms with Gasteiger partial charge >= 0.3 is 12.1 Å². The SMILES string of the molecule is COc1ccc(OC)c(C(C)NC(=O)COC(=O)c2ccccc2C(F)(F)F)c1. The third-order valence-electron chi connectivity index (χ3n) is 4.07. The molecule has 0 fully saturated rings. The van der Waals surface area contributed by atoms with Crippen LogP contribution >= 0.6 is 0 Å². The Bertz CT molecular complexity index is 883. The van der Waals surface area contributed by atoms with Crippen LogP contribution < -0.4 is 14.8 Å². The van der Waals surface area contributed by atoms with Crippen LogP contribution in [0.15, 0.2) is 42.5 Å². The summed E-state index contributed by atoms with van der Waals surface area (Å²) in [5.74, 6) is -0.855. The summed E-state index contributed by atoms with van der Waals surface area (Å²) in [6, 6.07) is 8.71. The molecule has 156 valence electrons. The summed E-state index contributed by atoms with van der Waals surface area (Å²) in [5.41, 5.74) is -1.16. The largest absolute Gasteiger partial charge is 0.497 e. The zero-order valence-corrected chi connectivity index (χ0v) is 16.0. The maximum absolute atomic E-state index is 13.0. The van der Waals surface area contributed by atoms with Crippen LogP contribution in [0.1, 0.15) is 34.5 Å². The van der Waals surface area contributed by atoms with Gasteiger partial charge in [0, 0.05) is 5.56 Å². The minimum absolute atomic E-state index is 0.509. The molecule has 2 aromatic carbocycles. The molecule has 0 aliphatic carbocycles. The van der Waals surface area contributed by atoms with Crippen LogP contribution in [0.3, 0.4) is 0 Å². The van der Waals surface area contributed by atoms with Gasteiger partial charge in [-0.3, -0.25) is 4.79 Å². The Kier molecular flexibility index (Phi) is 7.08. The van der Waals surface area contributed by atoms with E-state index in [9.17, 15) is 22.8 Å². The lowest BCUT2D eigenvalue weighted by atomic mass is 10.1. The first-order chi connectivity index (χ1) is 13.7. The molecular formula is C20H20F3NO5. The van der Waals surface area contributed by atoms with Crippen molar-refractivity contribution in [1.29, 1.82) is 0 Å². The highest BCUT2D eigenvalue weighted by Crippen LogP contribution is 2.32. The summed E-state index contributed by atoms with van der Waals surface area (Å²) >= 11 is 0. The predicted molar refractivity (Wildman–Crippen MR) is 97.8 cm³/mol. The maximum atomic E-state index is 13.0. The molecule has 0 aliphatic heterocycles. The van der Waals surface area contributed by atoms with Crippen LogP contribution in [0.4, 0.5) is 13.2 Å². The zero-order chi connectivity index (χ0) is 21.6. The molecule has 0 heterocycles. The molecular weight excluding hydrogens is 391 g/mol. The summed E-state index contributed by atoms with van der Waals surface area (Å²) in [6.45, 7) is 0.942. The van der Waals surface area contributed by atoms with E-state index in [2.05, 4.69) is 5.32 Å². The Morgan fingerprint density at radius 1 is 1.07 bits per heavy atom. The number of nitrogens with one attached hydrogen (secondary N) is 1. The number of hydrogen-bond donors (Lipinski definition) is 1. The third kappa shape index (κ3) is 5.63. The van der Waals surface area contributed by atoms with E-state index in [1.54, 1.807) is 25.1 Å². The molecule has 2 rings (SSSR count). The number of ether oxygens (including phenoxy) is 3. The van der Waals surface area contributed by atoms with Gasteiger partial charge in [0.15, 0.2) is 6.61 Å². The van der Waals surface area contributed by atoms with Gasteiger partial charge in [0.25, 0.3) is 5.91 Å². The Hall–Kier alpha value is -3.23. The minimum atomic E-state index is -4.71. The number of halogens is 3. The van der Waals surface area contributed by atoms with Crippen molar-refractivity contribution in [3.8, 4) is 11.5 Å². The number of alkyl halides is 3. The van der Waals surface area contributed by atoms with Gasteiger partial charge in [-0.05, 0) is 37.3 Å². The fraction of sp³-hybridized carbons (Fsp3) is 0.300. The molecule has 0 aromatic heterocycles. The van der Waals surface area contributed by atoms with Gasteiger partial charge in [0.2, 0.25) is 0 Å². The number of rotatable bonds is 7. The van der Waals surface area contributed by atoms with Crippen molar-refractivity contribution in [2.24, 2.45) is 0 Å². The predicted octanol–water partition coefficient (Wildman–Crippen LogP) is 3.76. The molecule has 6 nitrogen and oxygen atoms in total. The Morgan fingerprint density at radius 3 is 2.38 bits per heavy atom. The quantitative estimate of drug-likeness (QED) is 0.703. The number of methoxy groups -OCH3 is 2. The van der Waals surface area contributed by atoms with Crippen LogP contribution in [0.2, 0.25) is 0 Å². The molecule has 1 unspecified atom stereocenters. The summed E-state index contributed by atoms with van der Waals surface area (Å²) in [5, 5.41) is 2.60. The van der Waals surface area contributed by atoms with E-state index in [1.165, 1.54) is 20.3 Å². The minimum Gasteiger partial charge on any atom is -0.497 e. The van der Waals surface area contributed by atoms with Crippen molar-refractivity contribution in [3.63, 3.8) is 0 Å². The molecule has 1 N–H and O–H groups in total. The fourth-order valence-electron chi connectivity index (χ4n) is 2.66. The van der Waals surface area contributed by atoms with Crippen LogP contribution in [0, 0.1) is 0 Å². The van der Waals surface area contributed by atoms with Gasteiger partial charge in [-0.15, -0.1) is 0 Å². The number of hydrogen-bond acceptors (Lipinski definition) is 5. The first kappa shape index (κ1) is 22.1. The Labute approximate surface area is 165 Å². The van der Waals surface area contributed by atoms with Gasteiger partial charge in [0.05, 0.1) is 31.4 Å². The summed E-state index contributed by atoms with van der Waals surface area (Å²) in [4.78, 5) is 24.1. The summed E-state index contributed by atoms with van der Waals surface area (Å²) < 4.78 is 54.1. The highest BCUT2D eigenvalue weighted by atomic mass is 19.4. The van der Waals surface area contributed by atoms with E-state index in [1.807, 2.05) is 0 Å². The first-order valence-electron chi connectivity index (χ1n) is 8.52. The molecule has 29 heavy (non-hydrogen) atoms. The highest BCUT2D eigenvalue weighted by Gasteiger charge is 2.35. The number of carbonyl (C=O) groups excluding carboxylic acids is 2. The monoisotopic (exact) mass is 411 g/mol. The second-order valence-electron chi connectivity index (χ2n) is 6.02. The van der Waals surface area contributed by atoms with Gasteiger partial charge in [-0.2, -0.15) is 13.2 Å². The van der Waals surface area contributed by atoms with E-state index in [0.717, 1.165) is 18.2 Å². The average molecular weight is 411 g/mol.